The number of rotatable bonds is 15. The van der Waals surface area contributed by atoms with Crippen molar-refractivity contribution in [1.29, 1.82) is 0 Å². The van der Waals surface area contributed by atoms with Crippen LogP contribution >= 0.6 is 0 Å². The molecule has 150 valence electrons. The number of hydrogen-bond donors (Lipinski definition) is 1. The van der Waals surface area contributed by atoms with E-state index in [0.29, 0.717) is 0 Å². The summed E-state index contributed by atoms with van der Waals surface area (Å²) in [6, 6.07) is 0. The van der Waals surface area contributed by atoms with E-state index in [-0.39, 0.29) is 18.5 Å². The van der Waals surface area contributed by atoms with Crippen LogP contribution in [0.15, 0.2) is 23.3 Å². The van der Waals surface area contributed by atoms with E-state index in [2.05, 4.69) is 6.92 Å². The van der Waals surface area contributed by atoms with Gasteiger partial charge in [-0.05, 0) is 59.3 Å². The zero-order chi connectivity index (χ0) is 19.8. The Morgan fingerprint density at radius 3 is 2.35 bits per heavy atom. The summed E-state index contributed by atoms with van der Waals surface area (Å²) in [5, 5.41) is 8.69. The molecular weight excluding hydrogens is 328 g/mol. The molecule has 0 spiro atoms. The highest BCUT2D eigenvalue weighted by atomic mass is 16.5. The molecule has 0 aromatic rings. The summed E-state index contributed by atoms with van der Waals surface area (Å²) in [7, 11) is 0. The summed E-state index contributed by atoms with van der Waals surface area (Å²) in [5.74, 6) is -1.02. The molecule has 26 heavy (non-hydrogen) atoms. The topological polar surface area (TPSA) is 63.6 Å². The largest absolute Gasteiger partial charge is 0.481 e. The maximum atomic E-state index is 11.9. The first-order chi connectivity index (χ1) is 12.3. The van der Waals surface area contributed by atoms with E-state index < -0.39 is 5.97 Å². The summed E-state index contributed by atoms with van der Waals surface area (Å²) < 4.78 is 5.44. The van der Waals surface area contributed by atoms with E-state index in [0.717, 1.165) is 49.7 Å². The minimum atomic E-state index is -0.788. The summed E-state index contributed by atoms with van der Waals surface area (Å²) in [4.78, 5) is 22.5. The molecule has 0 bridgehead atoms. The predicted molar refractivity (Wildman–Crippen MR) is 107 cm³/mol. The van der Waals surface area contributed by atoms with Crippen LogP contribution in [0.4, 0.5) is 0 Å². The number of hydrogen-bond acceptors (Lipinski definition) is 3. The first-order valence-corrected chi connectivity index (χ1v) is 10.1. The van der Waals surface area contributed by atoms with E-state index in [1.807, 2.05) is 26.8 Å². The van der Waals surface area contributed by atoms with Crippen LogP contribution in [-0.2, 0) is 14.3 Å². The van der Waals surface area contributed by atoms with Crippen molar-refractivity contribution in [2.24, 2.45) is 0 Å². The summed E-state index contributed by atoms with van der Waals surface area (Å²) in [6.07, 6.45) is 14.4. The molecule has 1 N–H and O–H groups in total. The van der Waals surface area contributed by atoms with E-state index in [9.17, 15) is 9.59 Å². The molecule has 0 saturated carbocycles. The number of ether oxygens (including phenoxy) is 1. The predicted octanol–water partition coefficient (Wildman–Crippen LogP) is 6.21. The fourth-order valence-electron chi connectivity index (χ4n) is 2.81. The van der Waals surface area contributed by atoms with Crippen molar-refractivity contribution in [2.75, 3.05) is 0 Å². The Labute approximate surface area is 159 Å². The first kappa shape index (κ1) is 24.4. The Bertz CT molecular complexity index is 463. The molecule has 0 aliphatic heterocycles. The fraction of sp³-hybridized carbons (Fsp3) is 0.727. The molecule has 4 nitrogen and oxygen atoms in total. The maximum Gasteiger partial charge on any atom is 0.330 e. The lowest BCUT2D eigenvalue weighted by molar-refractivity contribution is -0.142. The molecule has 0 aliphatic carbocycles. The van der Waals surface area contributed by atoms with E-state index in [1.54, 1.807) is 6.08 Å². The van der Waals surface area contributed by atoms with E-state index >= 15 is 0 Å². The normalized spacial score (nSPS) is 13.5. The van der Waals surface area contributed by atoms with Gasteiger partial charge in [0, 0.05) is 6.08 Å². The number of unbranched alkanes of at least 4 members (excludes halogenated alkanes) is 6. The van der Waals surface area contributed by atoms with Gasteiger partial charge in [-0.2, -0.15) is 0 Å². The van der Waals surface area contributed by atoms with Crippen molar-refractivity contribution in [3.63, 3.8) is 0 Å². The zero-order valence-corrected chi connectivity index (χ0v) is 17.2. The minimum absolute atomic E-state index is 0.0831. The second kappa shape index (κ2) is 15.7. The average molecular weight is 367 g/mol. The highest BCUT2D eigenvalue weighted by Gasteiger charge is 2.07. The molecule has 0 rings (SSSR count). The molecule has 1 atom stereocenters. The van der Waals surface area contributed by atoms with Crippen LogP contribution in [0.25, 0.3) is 0 Å². The Balaban J connectivity index is 3.87. The van der Waals surface area contributed by atoms with Crippen LogP contribution in [-0.4, -0.2) is 23.1 Å². The highest BCUT2D eigenvalue weighted by molar-refractivity contribution is 5.82. The van der Waals surface area contributed by atoms with Gasteiger partial charge in [-0.1, -0.05) is 49.8 Å². The molecule has 1 unspecified atom stereocenters. The van der Waals surface area contributed by atoms with Gasteiger partial charge in [0.25, 0.3) is 0 Å². The van der Waals surface area contributed by atoms with Gasteiger partial charge in [-0.15, -0.1) is 0 Å². The monoisotopic (exact) mass is 366 g/mol. The first-order valence-electron chi connectivity index (χ1n) is 10.1. The quantitative estimate of drug-likeness (QED) is 0.162. The van der Waals surface area contributed by atoms with Crippen molar-refractivity contribution < 1.29 is 19.4 Å². The smallest absolute Gasteiger partial charge is 0.330 e. The second-order valence-electron chi connectivity index (χ2n) is 7.31. The van der Waals surface area contributed by atoms with Gasteiger partial charge in [0.1, 0.15) is 0 Å². The lowest BCUT2D eigenvalue weighted by Gasteiger charge is -2.12. The van der Waals surface area contributed by atoms with Gasteiger partial charge < -0.3 is 9.84 Å². The molecule has 0 saturated heterocycles. The van der Waals surface area contributed by atoms with Crippen molar-refractivity contribution in [1.82, 2.24) is 0 Å². The van der Waals surface area contributed by atoms with Crippen molar-refractivity contribution in [3.8, 4) is 0 Å². The minimum Gasteiger partial charge on any atom is -0.481 e. The molecule has 0 fully saturated rings. The maximum absolute atomic E-state index is 11.9. The molecule has 4 heteroatoms. The van der Waals surface area contributed by atoms with Crippen LogP contribution in [0, 0.1) is 0 Å². The van der Waals surface area contributed by atoms with Gasteiger partial charge >= 0.3 is 11.9 Å². The third kappa shape index (κ3) is 15.9. The molecule has 0 aromatic heterocycles. The zero-order valence-electron chi connectivity index (χ0n) is 17.2. The number of carboxylic acids is 1. The van der Waals surface area contributed by atoms with Crippen LogP contribution in [0.5, 0.6) is 0 Å². The average Bonchev–Trinajstić information content (AvgIpc) is 2.53. The van der Waals surface area contributed by atoms with E-state index in [4.69, 9.17) is 9.84 Å². The van der Waals surface area contributed by atoms with Gasteiger partial charge in [-0.3, -0.25) is 4.79 Å². The van der Waals surface area contributed by atoms with Gasteiger partial charge in [0.15, 0.2) is 0 Å². The van der Waals surface area contributed by atoms with Crippen LogP contribution in [0.2, 0.25) is 0 Å². The Kier molecular flexibility index (Phi) is 14.7. The molecule has 0 aromatic carbocycles. The number of allylic oxidation sites excluding steroid dienone is 2. The summed E-state index contributed by atoms with van der Waals surface area (Å²) in [6.45, 7) is 7.98. The Hall–Kier alpha value is -1.58. The number of carbonyl (C=O) groups excluding carboxylic acids is 1. The van der Waals surface area contributed by atoms with Crippen LogP contribution in [0.3, 0.4) is 0 Å². The lowest BCUT2D eigenvalue weighted by Crippen LogP contribution is -2.13. The third-order valence-corrected chi connectivity index (χ3v) is 4.34. The summed E-state index contributed by atoms with van der Waals surface area (Å²) >= 11 is 0. The van der Waals surface area contributed by atoms with Crippen molar-refractivity contribution >= 4 is 11.9 Å². The van der Waals surface area contributed by atoms with Gasteiger partial charge in [0.2, 0.25) is 0 Å². The van der Waals surface area contributed by atoms with Gasteiger partial charge in [0.05, 0.1) is 12.5 Å². The SMILES string of the molecule is CCCCCCCC(C)=CC(=O)OC(C)CCCCC=C(C)CC(=O)O. The molecule has 0 radical (unpaired) electrons. The van der Waals surface area contributed by atoms with Gasteiger partial charge in [-0.25, -0.2) is 4.79 Å². The van der Waals surface area contributed by atoms with E-state index in [1.165, 1.54) is 25.7 Å². The highest BCUT2D eigenvalue weighted by Crippen LogP contribution is 2.13. The Morgan fingerprint density at radius 1 is 1.00 bits per heavy atom. The summed E-state index contributed by atoms with van der Waals surface area (Å²) in [5.41, 5.74) is 1.99. The van der Waals surface area contributed by atoms with Crippen LogP contribution in [0.1, 0.15) is 98.3 Å². The van der Waals surface area contributed by atoms with Crippen molar-refractivity contribution in [3.05, 3.63) is 23.3 Å². The number of carboxylic acid groups (broad SMARTS) is 1. The number of esters is 1. The lowest BCUT2D eigenvalue weighted by atomic mass is 10.1. The fourth-order valence-corrected chi connectivity index (χ4v) is 2.81. The molecule has 0 aliphatic rings. The molecular formula is C22H38O4. The molecule has 0 heterocycles. The van der Waals surface area contributed by atoms with Crippen LogP contribution < -0.4 is 0 Å². The second-order valence-corrected chi connectivity index (χ2v) is 7.31. The third-order valence-electron chi connectivity index (χ3n) is 4.34. The Morgan fingerprint density at radius 2 is 1.69 bits per heavy atom. The standard InChI is InChI=1S/C22H38O4/c1-5-6-7-8-10-14-19(3)17-22(25)26-20(4)15-12-9-11-13-18(2)16-21(23)24/h13,17,20H,5-12,14-16H2,1-4H3,(H,23,24). The molecule has 0 amide bonds. The van der Waals surface area contributed by atoms with Crippen molar-refractivity contribution in [2.45, 2.75) is 104 Å². The number of carbonyl (C=O) groups is 2. The number of aliphatic carboxylic acids is 1.